The highest BCUT2D eigenvalue weighted by Gasteiger charge is 2.22. The Labute approximate surface area is 154 Å². The van der Waals surface area contributed by atoms with Gasteiger partial charge in [0.1, 0.15) is 12.3 Å². The van der Waals surface area contributed by atoms with Crippen molar-refractivity contribution >= 4 is 35.8 Å². The van der Waals surface area contributed by atoms with E-state index >= 15 is 0 Å². The van der Waals surface area contributed by atoms with Gasteiger partial charge in [0.15, 0.2) is 5.96 Å². The van der Waals surface area contributed by atoms with Crippen LogP contribution in [0.2, 0.25) is 0 Å². The Kier molecular flexibility index (Phi) is 8.75. The molecule has 23 heavy (non-hydrogen) atoms. The summed E-state index contributed by atoms with van der Waals surface area (Å²) in [5, 5.41) is 9.28. The van der Waals surface area contributed by atoms with Gasteiger partial charge < -0.3 is 20.7 Å². The minimum atomic E-state index is -0.0937. The summed E-state index contributed by atoms with van der Waals surface area (Å²) in [4.78, 5) is 16.1. The second-order valence-electron chi connectivity index (χ2n) is 5.24. The van der Waals surface area contributed by atoms with Crippen LogP contribution >= 0.6 is 24.0 Å². The van der Waals surface area contributed by atoms with Crippen molar-refractivity contribution in [1.82, 2.24) is 16.0 Å². The third kappa shape index (κ3) is 7.54. The highest BCUT2D eigenvalue weighted by molar-refractivity contribution is 14.0. The molecule has 0 bridgehead atoms. The molecule has 0 heterocycles. The van der Waals surface area contributed by atoms with Crippen molar-refractivity contribution in [1.29, 1.82) is 0 Å². The van der Waals surface area contributed by atoms with E-state index in [1.54, 1.807) is 7.11 Å². The molecule has 0 atom stereocenters. The number of hydrogen-bond donors (Lipinski definition) is 3. The maximum atomic E-state index is 11.9. The number of halogens is 1. The lowest BCUT2D eigenvalue weighted by Crippen LogP contribution is -2.39. The van der Waals surface area contributed by atoms with E-state index in [1.165, 1.54) is 12.8 Å². The Balaban J connectivity index is 0.00000264. The number of nitrogens with zero attached hydrogens (tertiary/aromatic N) is 1. The third-order valence-corrected chi connectivity index (χ3v) is 3.29. The van der Waals surface area contributed by atoms with Crippen LogP contribution in [0.1, 0.15) is 25.3 Å². The number of carbonyl (C=O) groups excluding carboxylic acids is 1. The van der Waals surface area contributed by atoms with Gasteiger partial charge in [-0.25, -0.2) is 4.99 Å². The molecule has 1 aliphatic carbocycles. The molecule has 0 saturated heterocycles. The monoisotopic (exact) mass is 432 g/mol. The quantitative estimate of drug-likeness (QED) is 0.348. The number of guanidine groups is 1. The molecule has 128 valence electrons. The van der Waals surface area contributed by atoms with E-state index in [9.17, 15) is 4.79 Å². The zero-order valence-electron chi connectivity index (χ0n) is 13.6. The van der Waals surface area contributed by atoms with Gasteiger partial charge >= 0.3 is 0 Å². The van der Waals surface area contributed by atoms with Gasteiger partial charge in [-0.15, -0.1) is 24.0 Å². The molecule has 1 fully saturated rings. The summed E-state index contributed by atoms with van der Waals surface area (Å²) in [6.45, 7) is 3.41. The van der Waals surface area contributed by atoms with Crippen molar-refractivity contribution in [3.05, 3.63) is 29.8 Å². The topological polar surface area (TPSA) is 74.8 Å². The Hall–Kier alpha value is -1.51. The molecule has 0 spiro atoms. The van der Waals surface area contributed by atoms with Crippen LogP contribution in [0.15, 0.2) is 29.3 Å². The number of rotatable bonds is 7. The van der Waals surface area contributed by atoms with Crippen LogP contribution in [-0.2, 0) is 11.3 Å². The number of methoxy groups -OCH3 is 1. The van der Waals surface area contributed by atoms with Gasteiger partial charge in [-0.1, -0.05) is 12.1 Å². The second-order valence-corrected chi connectivity index (χ2v) is 5.24. The first-order valence-corrected chi connectivity index (χ1v) is 7.65. The molecule has 7 heteroatoms. The summed E-state index contributed by atoms with van der Waals surface area (Å²) < 4.78 is 5.10. The van der Waals surface area contributed by atoms with Gasteiger partial charge in [-0.2, -0.15) is 0 Å². The lowest BCUT2D eigenvalue weighted by molar-refractivity contribution is -0.119. The minimum absolute atomic E-state index is 0. The molecule has 1 aromatic rings. The summed E-state index contributed by atoms with van der Waals surface area (Å²) in [7, 11) is 1.63. The van der Waals surface area contributed by atoms with Crippen molar-refractivity contribution in [2.45, 2.75) is 32.4 Å². The minimum Gasteiger partial charge on any atom is -0.497 e. The third-order valence-electron chi connectivity index (χ3n) is 3.29. The summed E-state index contributed by atoms with van der Waals surface area (Å²) in [5.41, 5.74) is 1.03. The van der Waals surface area contributed by atoms with E-state index in [1.807, 2.05) is 31.2 Å². The average molecular weight is 432 g/mol. The molecule has 2 rings (SSSR count). The Morgan fingerprint density at radius 3 is 2.52 bits per heavy atom. The van der Waals surface area contributed by atoms with Crippen molar-refractivity contribution in [3.8, 4) is 5.75 Å². The molecule has 1 amide bonds. The van der Waals surface area contributed by atoms with E-state index < -0.39 is 0 Å². The lowest BCUT2D eigenvalue weighted by atomic mass is 10.2. The van der Waals surface area contributed by atoms with Crippen LogP contribution in [0.3, 0.4) is 0 Å². The van der Waals surface area contributed by atoms with Gasteiger partial charge in [0.05, 0.1) is 7.11 Å². The molecule has 6 nitrogen and oxygen atoms in total. The van der Waals surface area contributed by atoms with Crippen LogP contribution in [0, 0.1) is 0 Å². The predicted octanol–water partition coefficient (Wildman–Crippen LogP) is 1.65. The summed E-state index contributed by atoms with van der Waals surface area (Å²) >= 11 is 0. The van der Waals surface area contributed by atoms with E-state index in [0.29, 0.717) is 18.5 Å². The van der Waals surface area contributed by atoms with Crippen molar-refractivity contribution in [2.75, 3.05) is 20.2 Å². The molecule has 0 aromatic heterocycles. The number of amides is 1. The van der Waals surface area contributed by atoms with Crippen LogP contribution in [-0.4, -0.2) is 38.1 Å². The second kappa shape index (κ2) is 10.3. The molecular formula is C16H25IN4O2. The number of hydrogen-bond acceptors (Lipinski definition) is 3. The zero-order valence-corrected chi connectivity index (χ0v) is 15.9. The van der Waals surface area contributed by atoms with E-state index in [2.05, 4.69) is 20.9 Å². The maximum absolute atomic E-state index is 11.9. The highest BCUT2D eigenvalue weighted by atomic mass is 127. The van der Waals surface area contributed by atoms with Gasteiger partial charge in [0.25, 0.3) is 0 Å². The van der Waals surface area contributed by atoms with Crippen LogP contribution < -0.4 is 20.7 Å². The van der Waals surface area contributed by atoms with Gasteiger partial charge in [0, 0.05) is 19.1 Å². The van der Waals surface area contributed by atoms with Gasteiger partial charge in [0.2, 0.25) is 5.91 Å². The van der Waals surface area contributed by atoms with Gasteiger partial charge in [-0.3, -0.25) is 4.79 Å². The lowest BCUT2D eigenvalue weighted by Gasteiger charge is -2.10. The maximum Gasteiger partial charge on any atom is 0.242 e. The van der Waals surface area contributed by atoms with Crippen LogP contribution in [0.5, 0.6) is 5.75 Å². The molecule has 1 aliphatic rings. The average Bonchev–Trinajstić information content (AvgIpc) is 3.35. The fraction of sp³-hybridized carbons (Fsp3) is 0.500. The fourth-order valence-electron chi connectivity index (χ4n) is 1.89. The Bertz CT molecular complexity index is 515. The van der Waals surface area contributed by atoms with Gasteiger partial charge in [-0.05, 0) is 37.5 Å². The number of aliphatic imine (C=N–C) groups is 1. The van der Waals surface area contributed by atoms with Crippen LogP contribution in [0.25, 0.3) is 0 Å². The summed E-state index contributed by atoms with van der Waals surface area (Å²) in [6, 6.07) is 8.13. The Morgan fingerprint density at radius 2 is 1.96 bits per heavy atom. The first-order chi connectivity index (χ1) is 10.7. The highest BCUT2D eigenvalue weighted by Crippen LogP contribution is 2.18. The number of benzene rings is 1. The first kappa shape index (κ1) is 19.5. The molecule has 1 aromatic carbocycles. The molecule has 0 aliphatic heterocycles. The largest absolute Gasteiger partial charge is 0.497 e. The fourth-order valence-corrected chi connectivity index (χ4v) is 1.89. The molecule has 0 radical (unpaired) electrons. The number of nitrogens with one attached hydrogen (secondary N) is 3. The van der Waals surface area contributed by atoms with Crippen LogP contribution in [0.4, 0.5) is 0 Å². The van der Waals surface area contributed by atoms with Crippen molar-refractivity contribution in [3.63, 3.8) is 0 Å². The summed E-state index contributed by atoms with van der Waals surface area (Å²) in [6.07, 6.45) is 2.35. The van der Waals surface area contributed by atoms with Crippen molar-refractivity contribution in [2.24, 2.45) is 4.99 Å². The SMILES string of the molecule is CCNC(=NCC(=O)NCc1ccc(OC)cc1)NC1CC1.I. The smallest absolute Gasteiger partial charge is 0.242 e. The van der Waals surface area contributed by atoms with Crippen molar-refractivity contribution < 1.29 is 9.53 Å². The molecule has 3 N–H and O–H groups in total. The van der Waals surface area contributed by atoms with E-state index in [0.717, 1.165) is 17.9 Å². The molecular weight excluding hydrogens is 407 g/mol. The number of ether oxygens (including phenoxy) is 1. The number of carbonyl (C=O) groups is 1. The summed E-state index contributed by atoms with van der Waals surface area (Å²) in [5.74, 6) is 1.43. The van der Waals surface area contributed by atoms with E-state index in [-0.39, 0.29) is 36.4 Å². The first-order valence-electron chi connectivity index (χ1n) is 7.65. The predicted molar refractivity (Wildman–Crippen MR) is 102 cm³/mol. The van der Waals surface area contributed by atoms with E-state index in [4.69, 9.17) is 4.74 Å². The normalized spacial score (nSPS) is 13.7. The standard InChI is InChI=1S/C16H24N4O2.HI/c1-3-17-16(20-13-6-7-13)19-11-15(21)18-10-12-4-8-14(22-2)9-5-12;/h4-5,8-9,13H,3,6-7,10-11H2,1-2H3,(H,18,21)(H2,17,19,20);1H. The molecule has 0 unspecified atom stereocenters. The zero-order chi connectivity index (χ0) is 15.8. The Morgan fingerprint density at radius 1 is 1.26 bits per heavy atom. The molecule has 1 saturated carbocycles.